The van der Waals surface area contributed by atoms with Crippen LogP contribution in [0.1, 0.15) is 18.4 Å². The van der Waals surface area contributed by atoms with Gasteiger partial charge in [0.1, 0.15) is 0 Å². The Morgan fingerprint density at radius 3 is 2.95 bits per heavy atom. The summed E-state index contributed by atoms with van der Waals surface area (Å²) < 4.78 is 0. The highest BCUT2D eigenvalue weighted by Crippen LogP contribution is 2.19. The molecule has 0 fully saturated rings. The number of nitrogens with zero attached hydrogens (tertiary/aromatic N) is 1. The lowest BCUT2D eigenvalue weighted by molar-refractivity contribution is -0.129. The summed E-state index contributed by atoms with van der Waals surface area (Å²) in [7, 11) is 3.76. The molecule has 1 aromatic carbocycles. The molecule has 0 radical (unpaired) electrons. The van der Waals surface area contributed by atoms with Gasteiger partial charge < -0.3 is 15.2 Å². The van der Waals surface area contributed by atoms with Crippen molar-refractivity contribution in [1.82, 2.24) is 15.2 Å². The van der Waals surface area contributed by atoms with Gasteiger partial charge in [0.2, 0.25) is 5.91 Å². The minimum atomic E-state index is 0.222. The van der Waals surface area contributed by atoms with Crippen molar-refractivity contribution in [2.75, 3.05) is 27.2 Å². The van der Waals surface area contributed by atoms with Crippen molar-refractivity contribution in [2.45, 2.75) is 19.3 Å². The number of aromatic amines is 1. The Balaban J connectivity index is 1.82. The molecule has 1 heterocycles. The predicted molar refractivity (Wildman–Crippen MR) is 82.8 cm³/mol. The van der Waals surface area contributed by atoms with Gasteiger partial charge in [-0.15, -0.1) is 0 Å². The van der Waals surface area contributed by atoms with Gasteiger partial charge in [-0.2, -0.15) is 0 Å². The number of H-pyrrole nitrogens is 1. The summed E-state index contributed by atoms with van der Waals surface area (Å²) in [6, 6.07) is 8.29. The van der Waals surface area contributed by atoms with E-state index in [9.17, 15) is 4.79 Å². The van der Waals surface area contributed by atoms with Gasteiger partial charge in [0, 0.05) is 43.7 Å². The van der Waals surface area contributed by atoms with Crippen molar-refractivity contribution in [1.29, 1.82) is 0 Å². The molecular formula is C16H23N3O. The molecule has 20 heavy (non-hydrogen) atoms. The molecule has 108 valence electrons. The van der Waals surface area contributed by atoms with E-state index in [1.165, 1.54) is 16.5 Å². The Labute approximate surface area is 120 Å². The molecule has 1 aromatic heterocycles. The zero-order valence-electron chi connectivity index (χ0n) is 12.3. The molecule has 4 heteroatoms. The number of fused-ring (bicyclic) bond motifs is 1. The third-order valence-corrected chi connectivity index (χ3v) is 3.63. The number of carbonyl (C=O) groups excluding carboxylic acids is 1. The third kappa shape index (κ3) is 3.61. The van der Waals surface area contributed by atoms with Crippen molar-refractivity contribution < 1.29 is 4.79 Å². The molecule has 2 N–H and O–H groups in total. The van der Waals surface area contributed by atoms with E-state index in [1.807, 2.05) is 20.2 Å². The maximum absolute atomic E-state index is 11.9. The number of amides is 1. The number of carbonyl (C=O) groups is 1. The normalized spacial score (nSPS) is 10.9. The Kier molecular flexibility index (Phi) is 5.18. The van der Waals surface area contributed by atoms with Crippen LogP contribution >= 0.6 is 0 Å². The predicted octanol–water partition coefficient (Wildman–Crippen LogP) is 2.17. The van der Waals surface area contributed by atoms with E-state index in [1.54, 1.807) is 4.90 Å². The highest BCUT2D eigenvalue weighted by Gasteiger charge is 2.09. The molecule has 4 nitrogen and oxygen atoms in total. The van der Waals surface area contributed by atoms with Crippen LogP contribution in [0.25, 0.3) is 10.9 Å². The average molecular weight is 273 g/mol. The molecule has 0 atom stereocenters. The molecule has 0 saturated heterocycles. The maximum Gasteiger partial charge on any atom is 0.222 e. The van der Waals surface area contributed by atoms with E-state index >= 15 is 0 Å². The number of para-hydroxylation sites is 1. The van der Waals surface area contributed by atoms with Crippen molar-refractivity contribution in [2.24, 2.45) is 0 Å². The molecule has 1 amide bonds. The lowest BCUT2D eigenvalue weighted by Gasteiger charge is -2.16. The number of aromatic nitrogens is 1. The first-order chi connectivity index (χ1) is 9.72. The largest absolute Gasteiger partial charge is 0.361 e. The van der Waals surface area contributed by atoms with Crippen LogP contribution in [0.5, 0.6) is 0 Å². The summed E-state index contributed by atoms with van der Waals surface area (Å²) in [5.41, 5.74) is 2.46. The fraction of sp³-hybridized carbons (Fsp3) is 0.438. The Morgan fingerprint density at radius 1 is 1.35 bits per heavy atom. The van der Waals surface area contributed by atoms with E-state index in [-0.39, 0.29) is 5.91 Å². The summed E-state index contributed by atoms with van der Waals surface area (Å²) >= 11 is 0. The quantitative estimate of drug-likeness (QED) is 0.812. The molecule has 0 bridgehead atoms. The van der Waals surface area contributed by atoms with Gasteiger partial charge >= 0.3 is 0 Å². The van der Waals surface area contributed by atoms with E-state index < -0.39 is 0 Å². The molecule has 0 aliphatic rings. The molecule has 0 saturated carbocycles. The van der Waals surface area contributed by atoms with E-state index in [0.717, 1.165) is 25.9 Å². The molecule has 2 aromatic rings. The van der Waals surface area contributed by atoms with Crippen LogP contribution in [0.4, 0.5) is 0 Å². The molecular weight excluding hydrogens is 250 g/mol. The van der Waals surface area contributed by atoms with Gasteiger partial charge in [-0.05, 0) is 31.5 Å². The molecule has 0 spiro atoms. The molecule has 0 unspecified atom stereocenters. The van der Waals surface area contributed by atoms with Crippen LogP contribution in [-0.4, -0.2) is 43.0 Å². The van der Waals surface area contributed by atoms with Crippen molar-refractivity contribution in [3.63, 3.8) is 0 Å². The van der Waals surface area contributed by atoms with Gasteiger partial charge in [-0.25, -0.2) is 0 Å². The molecule has 0 aliphatic heterocycles. The van der Waals surface area contributed by atoms with Crippen LogP contribution in [0.3, 0.4) is 0 Å². The lowest BCUT2D eigenvalue weighted by atomic mass is 10.1. The Bertz CT molecular complexity index is 562. The SMILES string of the molecule is CNCCN(C)C(=O)CCCc1c[nH]c2ccccc12. The van der Waals surface area contributed by atoms with Crippen molar-refractivity contribution >= 4 is 16.8 Å². The Hall–Kier alpha value is -1.81. The minimum Gasteiger partial charge on any atom is -0.361 e. The summed E-state index contributed by atoms with van der Waals surface area (Å²) in [6.45, 7) is 1.60. The third-order valence-electron chi connectivity index (χ3n) is 3.63. The van der Waals surface area contributed by atoms with E-state index in [2.05, 4.69) is 34.7 Å². The molecule has 0 aliphatic carbocycles. The first-order valence-corrected chi connectivity index (χ1v) is 7.16. The lowest BCUT2D eigenvalue weighted by Crippen LogP contribution is -2.32. The standard InChI is InChI=1S/C16H23N3O/c1-17-10-11-19(2)16(20)9-5-6-13-12-18-15-8-4-3-7-14(13)15/h3-4,7-8,12,17-18H,5-6,9-11H2,1-2H3. The minimum absolute atomic E-state index is 0.222. The summed E-state index contributed by atoms with van der Waals surface area (Å²) in [5.74, 6) is 0.222. The summed E-state index contributed by atoms with van der Waals surface area (Å²) in [5, 5.41) is 4.32. The summed E-state index contributed by atoms with van der Waals surface area (Å²) in [6.07, 6.45) is 4.50. The van der Waals surface area contributed by atoms with Gasteiger partial charge in [0.25, 0.3) is 0 Å². The molecule has 2 rings (SSSR count). The first kappa shape index (κ1) is 14.6. The fourth-order valence-electron chi connectivity index (χ4n) is 2.36. The number of aryl methyl sites for hydroxylation is 1. The number of benzene rings is 1. The smallest absolute Gasteiger partial charge is 0.222 e. The fourth-order valence-corrected chi connectivity index (χ4v) is 2.36. The van der Waals surface area contributed by atoms with Crippen LogP contribution < -0.4 is 5.32 Å². The Morgan fingerprint density at radius 2 is 2.15 bits per heavy atom. The van der Waals surface area contributed by atoms with E-state index in [0.29, 0.717) is 6.42 Å². The van der Waals surface area contributed by atoms with Crippen LogP contribution in [0.15, 0.2) is 30.5 Å². The number of hydrogen-bond acceptors (Lipinski definition) is 2. The second-order valence-electron chi connectivity index (χ2n) is 5.13. The second kappa shape index (κ2) is 7.10. The van der Waals surface area contributed by atoms with Gasteiger partial charge in [0.15, 0.2) is 0 Å². The van der Waals surface area contributed by atoms with Crippen LogP contribution in [-0.2, 0) is 11.2 Å². The van der Waals surface area contributed by atoms with Crippen molar-refractivity contribution in [3.8, 4) is 0 Å². The van der Waals surface area contributed by atoms with E-state index in [4.69, 9.17) is 0 Å². The maximum atomic E-state index is 11.9. The number of hydrogen-bond donors (Lipinski definition) is 2. The van der Waals surface area contributed by atoms with Crippen LogP contribution in [0, 0.1) is 0 Å². The highest BCUT2D eigenvalue weighted by molar-refractivity contribution is 5.83. The zero-order valence-corrected chi connectivity index (χ0v) is 12.3. The number of nitrogens with one attached hydrogen (secondary N) is 2. The monoisotopic (exact) mass is 273 g/mol. The number of likely N-dealkylation sites (N-methyl/N-ethyl adjacent to an activating group) is 2. The zero-order chi connectivity index (χ0) is 14.4. The average Bonchev–Trinajstić information content (AvgIpc) is 2.88. The highest BCUT2D eigenvalue weighted by atomic mass is 16.2. The number of rotatable bonds is 7. The topological polar surface area (TPSA) is 48.1 Å². The summed E-state index contributed by atoms with van der Waals surface area (Å²) in [4.78, 5) is 17.0. The van der Waals surface area contributed by atoms with Gasteiger partial charge in [-0.1, -0.05) is 18.2 Å². The van der Waals surface area contributed by atoms with Gasteiger partial charge in [0.05, 0.1) is 0 Å². The van der Waals surface area contributed by atoms with Crippen molar-refractivity contribution in [3.05, 3.63) is 36.0 Å². The van der Waals surface area contributed by atoms with Crippen LogP contribution in [0.2, 0.25) is 0 Å². The van der Waals surface area contributed by atoms with Gasteiger partial charge in [-0.3, -0.25) is 4.79 Å². The first-order valence-electron chi connectivity index (χ1n) is 7.16. The second-order valence-corrected chi connectivity index (χ2v) is 5.13.